The summed E-state index contributed by atoms with van der Waals surface area (Å²) in [4.78, 5) is 29.9. The highest BCUT2D eigenvalue weighted by Gasteiger charge is 2.45. The Morgan fingerprint density at radius 2 is 2.08 bits per heavy atom. The van der Waals surface area contributed by atoms with Crippen LogP contribution in [0.4, 0.5) is 0 Å². The summed E-state index contributed by atoms with van der Waals surface area (Å²) in [6.07, 6.45) is 5.19. The summed E-state index contributed by atoms with van der Waals surface area (Å²) in [5.41, 5.74) is 2.09. The highest BCUT2D eigenvalue weighted by atomic mass is 16.5. The molecule has 0 radical (unpaired) electrons. The van der Waals surface area contributed by atoms with E-state index in [0.717, 1.165) is 42.3 Å². The van der Waals surface area contributed by atoms with Gasteiger partial charge in [-0.25, -0.2) is 0 Å². The first kappa shape index (κ1) is 18.5. The number of hydrogen-bond acceptors (Lipinski definition) is 3. The molecule has 2 atom stereocenters. The third-order valence-electron chi connectivity index (χ3n) is 5.12. The van der Waals surface area contributed by atoms with Gasteiger partial charge >= 0.3 is 5.97 Å². The number of aromatic nitrogens is 1. The van der Waals surface area contributed by atoms with Crippen LogP contribution in [0.1, 0.15) is 38.7 Å². The number of fused-ring (bicyclic) bond motifs is 1. The lowest BCUT2D eigenvalue weighted by Crippen LogP contribution is -2.35. The molecule has 0 aliphatic heterocycles. The number of esters is 1. The van der Waals surface area contributed by atoms with E-state index < -0.39 is 0 Å². The van der Waals surface area contributed by atoms with Gasteiger partial charge < -0.3 is 14.6 Å². The zero-order chi connectivity index (χ0) is 18.5. The molecule has 26 heavy (non-hydrogen) atoms. The van der Waals surface area contributed by atoms with E-state index in [9.17, 15) is 9.59 Å². The molecule has 5 nitrogen and oxygen atoms in total. The van der Waals surface area contributed by atoms with Gasteiger partial charge in [-0.3, -0.25) is 9.59 Å². The van der Waals surface area contributed by atoms with E-state index in [1.165, 1.54) is 0 Å². The molecule has 1 aliphatic rings. The number of ether oxygens (including phenoxy) is 1. The van der Waals surface area contributed by atoms with Gasteiger partial charge in [-0.1, -0.05) is 31.5 Å². The second-order valence-electron chi connectivity index (χ2n) is 7.08. The molecule has 3 rings (SSSR count). The van der Waals surface area contributed by atoms with Gasteiger partial charge in [0.1, 0.15) is 0 Å². The first-order chi connectivity index (χ1) is 12.6. The van der Waals surface area contributed by atoms with Gasteiger partial charge in [-0.15, -0.1) is 0 Å². The van der Waals surface area contributed by atoms with Crippen molar-refractivity contribution in [1.29, 1.82) is 0 Å². The van der Waals surface area contributed by atoms with E-state index >= 15 is 0 Å². The van der Waals surface area contributed by atoms with Gasteiger partial charge in [0.2, 0.25) is 5.91 Å². The molecule has 2 aromatic rings. The maximum Gasteiger partial charge on any atom is 0.309 e. The van der Waals surface area contributed by atoms with Gasteiger partial charge in [0, 0.05) is 30.2 Å². The average molecular weight is 356 g/mol. The molecule has 1 N–H and O–H groups in total. The van der Waals surface area contributed by atoms with Crippen LogP contribution < -0.4 is 0 Å². The molecule has 1 aromatic heterocycles. The van der Waals surface area contributed by atoms with Crippen LogP contribution >= 0.6 is 0 Å². The lowest BCUT2D eigenvalue weighted by Gasteiger charge is -2.23. The molecule has 1 amide bonds. The van der Waals surface area contributed by atoms with E-state index in [4.69, 9.17) is 4.74 Å². The predicted octanol–water partition coefficient (Wildman–Crippen LogP) is 3.54. The smallest absolute Gasteiger partial charge is 0.309 e. The zero-order valence-electron chi connectivity index (χ0n) is 15.7. The van der Waals surface area contributed by atoms with Crippen molar-refractivity contribution in [3.8, 4) is 0 Å². The minimum Gasteiger partial charge on any atom is -0.466 e. The van der Waals surface area contributed by atoms with E-state index in [2.05, 4.69) is 11.9 Å². The average Bonchev–Trinajstić information content (AvgIpc) is 3.31. The van der Waals surface area contributed by atoms with Crippen molar-refractivity contribution >= 4 is 22.8 Å². The normalized spacial score (nSPS) is 18.7. The summed E-state index contributed by atoms with van der Waals surface area (Å²) >= 11 is 0. The van der Waals surface area contributed by atoms with Crippen LogP contribution in [-0.2, 0) is 20.7 Å². The van der Waals surface area contributed by atoms with E-state index in [-0.39, 0.29) is 23.7 Å². The number of unbranched alkanes of at least 4 members (excludes halogenated alkanes) is 1. The Labute approximate surface area is 154 Å². The molecular formula is C21H28N2O3. The number of benzene rings is 1. The van der Waals surface area contributed by atoms with Crippen molar-refractivity contribution in [2.75, 3.05) is 19.7 Å². The Morgan fingerprint density at radius 1 is 1.27 bits per heavy atom. The van der Waals surface area contributed by atoms with Gasteiger partial charge in [-0.05, 0) is 37.3 Å². The van der Waals surface area contributed by atoms with Crippen LogP contribution in [0.15, 0.2) is 30.5 Å². The van der Waals surface area contributed by atoms with Crippen molar-refractivity contribution in [2.45, 2.75) is 39.5 Å². The maximum absolute atomic E-state index is 12.9. The SMILES string of the molecule is CCCCN(C[C@H]1C[C@H]1C(=O)OCC)C(=O)Cc1c[nH]c2ccccc12. The summed E-state index contributed by atoms with van der Waals surface area (Å²) in [6, 6.07) is 8.04. The molecule has 0 bridgehead atoms. The Balaban J connectivity index is 1.63. The maximum atomic E-state index is 12.9. The number of nitrogens with zero attached hydrogens (tertiary/aromatic N) is 1. The molecule has 0 saturated heterocycles. The lowest BCUT2D eigenvalue weighted by molar-refractivity contribution is -0.145. The van der Waals surface area contributed by atoms with Crippen molar-refractivity contribution < 1.29 is 14.3 Å². The van der Waals surface area contributed by atoms with E-state index in [1.54, 1.807) is 0 Å². The van der Waals surface area contributed by atoms with Crippen LogP contribution in [0.3, 0.4) is 0 Å². The molecule has 5 heteroatoms. The van der Waals surface area contributed by atoms with Gasteiger partial charge in [0.15, 0.2) is 0 Å². The zero-order valence-corrected chi connectivity index (χ0v) is 15.7. The molecule has 1 heterocycles. The van der Waals surface area contributed by atoms with Crippen LogP contribution in [0.25, 0.3) is 10.9 Å². The third kappa shape index (κ3) is 4.26. The van der Waals surface area contributed by atoms with E-state index in [0.29, 0.717) is 19.6 Å². The molecule has 1 aromatic carbocycles. The van der Waals surface area contributed by atoms with Crippen molar-refractivity contribution in [3.63, 3.8) is 0 Å². The van der Waals surface area contributed by atoms with Crippen molar-refractivity contribution in [2.24, 2.45) is 11.8 Å². The van der Waals surface area contributed by atoms with Crippen LogP contribution in [0.5, 0.6) is 0 Å². The monoisotopic (exact) mass is 356 g/mol. The number of carbonyl (C=O) groups excluding carboxylic acids is 2. The second-order valence-corrected chi connectivity index (χ2v) is 7.08. The molecule has 0 spiro atoms. The number of para-hydroxylation sites is 1. The van der Waals surface area contributed by atoms with Crippen molar-refractivity contribution in [1.82, 2.24) is 9.88 Å². The molecule has 1 fully saturated rings. The van der Waals surface area contributed by atoms with Gasteiger partial charge in [0.25, 0.3) is 0 Å². The fourth-order valence-corrected chi connectivity index (χ4v) is 3.49. The first-order valence-corrected chi connectivity index (χ1v) is 9.63. The quantitative estimate of drug-likeness (QED) is 0.699. The topological polar surface area (TPSA) is 62.4 Å². The summed E-state index contributed by atoms with van der Waals surface area (Å²) < 4.78 is 5.11. The fraction of sp³-hybridized carbons (Fsp3) is 0.524. The van der Waals surface area contributed by atoms with Crippen LogP contribution in [0.2, 0.25) is 0 Å². The largest absolute Gasteiger partial charge is 0.466 e. The Hall–Kier alpha value is -2.30. The summed E-state index contributed by atoms with van der Waals surface area (Å²) in [5.74, 6) is 0.243. The number of aromatic amines is 1. The molecular weight excluding hydrogens is 328 g/mol. The fourth-order valence-electron chi connectivity index (χ4n) is 3.49. The second kappa shape index (κ2) is 8.39. The highest BCUT2D eigenvalue weighted by molar-refractivity contribution is 5.89. The predicted molar refractivity (Wildman–Crippen MR) is 102 cm³/mol. The first-order valence-electron chi connectivity index (χ1n) is 9.63. The number of hydrogen-bond donors (Lipinski definition) is 1. The highest BCUT2D eigenvalue weighted by Crippen LogP contribution is 2.40. The minimum absolute atomic E-state index is 0.0278. The molecule has 0 unspecified atom stereocenters. The Bertz CT molecular complexity index is 767. The lowest BCUT2D eigenvalue weighted by atomic mass is 10.1. The van der Waals surface area contributed by atoms with E-state index in [1.807, 2.05) is 42.3 Å². The number of carbonyl (C=O) groups is 2. The summed E-state index contributed by atoms with van der Waals surface area (Å²) in [5, 5.41) is 1.10. The number of amides is 1. The summed E-state index contributed by atoms with van der Waals surface area (Å²) in [6.45, 7) is 5.78. The molecule has 1 aliphatic carbocycles. The standard InChI is InChI=1S/C21H28N2O3/c1-3-5-10-23(14-16-11-18(16)21(25)26-4-2)20(24)12-15-13-22-19-9-7-6-8-17(15)19/h6-9,13,16,18,22H,3-5,10-12,14H2,1-2H3/t16-,18-/m1/s1. The van der Waals surface area contributed by atoms with Gasteiger partial charge in [0.05, 0.1) is 18.9 Å². The number of H-pyrrole nitrogens is 1. The van der Waals surface area contributed by atoms with Crippen LogP contribution in [0, 0.1) is 11.8 Å². The minimum atomic E-state index is -0.114. The summed E-state index contributed by atoms with van der Waals surface area (Å²) in [7, 11) is 0. The van der Waals surface area contributed by atoms with Gasteiger partial charge in [-0.2, -0.15) is 0 Å². The van der Waals surface area contributed by atoms with Crippen LogP contribution in [-0.4, -0.2) is 41.5 Å². The van der Waals surface area contributed by atoms with Crippen molar-refractivity contribution in [3.05, 3.63) is 36.0 Å². The molecule has 140 valence electrons. The Morgan fingerprint density at radius 3 is 2.85 bits per heavy atom. The molecule has 1 saturated carbocycles. The number of rotatable bonds is 9. The Kier molecular flexibility index (Phi) is 5.96. The number of nitrogens with one attached hydrogen (secondary N) is 1. The third-order valence-corrected chi connectivity index (χ3v) is 5.12.